The molecule has 1 N–H and O–H groups in total. The van der Waals surface area contributed by atoms with Crippen LogP contribution in [0, 0.1) is 0 Å². The van der Waals surface area contributed by atoms with Crippen molar-refractivity contribution in [1.29, 1.82) is 0 Å². The molecule has 98 valence electrons. The van der Waals surface area contributed by atoms with Crippen LogP contribution in [0.25, 0.3) is 0 Å². The van der Waals surface area contributed by atoms with Gasteiger partial charge in [0, 0.05) is 5.69 Å². The smallest absolute Gasteiger partial charge is 0.411 e. The normalized spacial score (nSPS) is 25.1. The molecule has 1 amide bonds. The van der Waals surface area contributed by atoms with E-state index in [1.165, 1.54) is 0 Å². The Morgan fingerprint density at radius 3 is 2.39 bits per heavy atom. The van der Waals surface area contributed by atoms with Gasteiger partial charge in [0.25, 0.3) is 0 Å². The topological polar surface area (TPSA) is 56.8 Å². The summed E-state index contributed by atoms with van der Waals surface area (Å²) in [6.07, 6.45) is -0.506. The predicted molar refractivity (Wildman–Crippen MR) is 66.1 cm³/mol. The van der Waals surface area contributed by atoms with Crippen LogP contribution in [-0.4, -0.2) is 23.9 Å². The van der Waals surface area contributed by atoms with Gasteiger partial charge >= 0.3 is 6.09 Å². The van der Waals surface area contributed by atoms with E-state index in [1.807, 2.05) is 39.0 Å². The maximum atomic E-state index is 11.6. The van der Waals surface area contributed by atoms with E-state index in [0.717, 1.165) is 0 Å². The largest absolute Gasteiger partial charge is 0.446 e. The third kappa shape index (κ3) is 2.47. The molecule has 1 aromatic rings. The van der Waals surface area contributed by atoms with Crippen molar-refractivity contribution in [2.45, 2.75) is 32.0 Å². The quantitative estimate of drug-likeness (QED) is 0.839. The molecule has 0 aromatic heterocycles. The second-order valence-electron chi connectivity index (χ2n) is 4.97. The summed E-state index contributed by atoms with van der Waals surface area (Å²) < 4.78 is 5.13. The van der Waals surface area contributed by atoms with Gasteiger partial charge in [-0.05, 0) is 32.9 Å². The molecule has 1 atom stereocenters. The summed E-state index contributed by atoms with van der Waals surface area (Å²) in [5, 5.41) is 2.63. The van der Waals surface area contributed by atoms with Crippen molar-refractivity contribution < 1.29 is 19.3 Å². The molecule has 0 aliphatic carbocycles. The van der Waals surface area contributed by atoms with Gasteiger partial charge in [0.15, 0.2) is 5.60 Å². The van der Waals surface area contributed by atoms with Crippen LogP contribution in [0.15, 0.2) is 30.3 Å². The zero-order valence-corrected chi connectivity index (χ0v) is 10.7. The Bertz CT molecular complexity index is 432. The number of amides is 1. The van der Waals surface area contributed by atoms with Crippen molar-refractivity contribution in [2.24, 2.45) is 0 Å². The summed E-state index contributed by atoms with van der Waals surface area (Å²) in [6.45, 7) is 5.74. The number of hydrogen-bond donors (Lipinski definition) is 1. The lowest BCUT2D eigenvalue weighted by molar-refractivity contribution is -0.543. The Labute approximate surface area is 106 Å². The molecular formula is C13H17NO4. The standard InChI is InChI=1S/C13H17NO4/c1-12(2)13(3,18-17-12)9-16-11(15)14-10-7-5-4-6-8-10/h4-8H,9H2,1-3H3,(H,14,15). The van der Waals surface area contributed by atoms with Crippen molar-refractivity contribution in [2.75, 3.05) is 11.9 Å². The molecular weight excluding hydrogens is 234 g/mol. The summed E-state index contributed by atoms with van der Waals surface area (Å²) in [4.78, 5) is 21.6. The third-order valence-corrected chi connectivity index (χ3v) is 3.21. The van der Waals surface area contributed by atoms with Crippen molar-refractivity contribution in [3.8, 4) is 0 Å². The minimum absolute atomic E-state index is 0.138. The Morgan fingerprint density at radius 1 is 1.22 bits per heavy atom. The summed E-state index contributed by atoms with van der Waals surface area (Å²) in [5.41, 5.74) is -0.376. The number of para-hydroxylation sites is 1. The zero-order chi connectivity index (χ0) is 13.2. The average molecular weight is 251 g/mol. The molecule has 1 aliphatic heterocycles. The number of ether oxygens (including phenoxy) is 1. The van der Waals surface area contributed by atoms with E-state index in [1.54, 1.807) is 12.1 Å². The lowest BCUT2D eigenvalue weighted by Crippen LogP contribution is -2.64. The fraction of sp³-hybridized carbons (Fsp3) is 0.462. The number of nitrogens with one attached hydrogen (secondary N) is 1. The Hall–Kier alpha value is -1.59. The van der Waals surface area contributed by atoms with Crippen LogP contribution in [0.1, 0.15) is 20.8 Å². The maximum Gasteiger partial charge on any atom is 0.411 e. The Morgan fingerprint density at radius 2 is 1.89 bits per heavy atom. The van der Waals surface area contributed by atoms with Crippen LogP contribution in [0.2, 0.25) is 0 Å². The van der Waals surface area contributed by atoms with E-state index in [0.29, 0.717) is 5.69 Å². The van der Waals surface area contributed by atoms with Crippen molar-refractivity contribution in [3.05, 3.63) is 30.3 Å². The molecule has 1 fully saturated rings. The molecule has 1 aromatic carbocycles. The predicted octanol–water partition coefficient (Wildman–Crippen LogP) is 2.73. The first-order valence-electron chi connectivity index (χ1n) is 5.79. The van der Waals surface area contributed by atoms with Gasteiger partial charge < -0.3 is 4.74 Å². The molecule has 1 saturated heterocycles. The highest BCUT2D eigenvalue weighted by Crippen LogP contribution is 2.40. The van der Waals surface area contributed by atoms with Crippen LogP contribution >= 0.6 is 0 Å². The maximum absolute atomic E-state index is 11.6. The van der Waals surface area contributed by atoms with Gasteiger partial charge in [-0.15, -0.1) is 0 Å². The number of carbonyl (C=O) groups excluding carboxylic acids is 1. The average Bonchev–Trinajstić information content (AvgIpc) is 2.36. The van der Waals surface area contributed by atoms with E-state index in [4.69, 9.17) is 14.5 Å². The van der Waals surface area contributed by atoms with Gasteiger partial charge in [-0.3, -0.25) is 5.32 Å². The molecule has 0 saturated carbocycles. The highest BCUT2D eigenvalue weighted by atomic mass is 17.3. The summed E-state index contributed by atoms with van der Waals surface area (Å²) >= 11 is 0. The molecule has 5 nitrogen and oxygen atoms in total. The van der Waals surface area contributed by atoms with E-state index in [-0.39, 0.29) is 6.61 Å². The lowest BCUT2D eigenvalue weighted by Gasteiger charge is -2.49. The third-order valence-electron chi connectivity index (χ3n) is 3.21. The first-order chi connectivity index (χ1) is 8.43. The highest BCUT2D eigenvalue weighted by molar-refractivity contribution is 5.84. The van der Waals surface area contributed by atoms with Crippen molar-refractivity contribution in [1.82, 2.24) is 0 Å². The van der Waals surface area contributed by atoms with E-state index in [2.05, 4.69) is 5.32 Å². The van der Waals surface area contributed by atoms with Gasteiger partial charge in [-0.1, -0.05) is 18.2 Å². The SMILES string of the molecule is CC1(C)OOC1(C)COC(=O)Nc1ccccc1. The van der Waals surface area contributed by atoms with Crippen molar-refractivity contribution >= 4 is 11.8 Å². The molecule has 1 heterocycles. The molecule has 2 rings (SSSR count). The minimum Gasteiger partial charge on any atom is -0.446 e. The second kappa shape index (κ2) is 4.59. The Balaban J connectivity index is 1.83. The molecule has 1 unspecified atom stereocenters. The van der Waals surface area contributed by atoms with Crippen LogP contribution < -0.4 is 5.32 Å². The van der Waals surface area contributed by atoms with Crippen molar-refractivity contribution in [3.63, 3.8) is 0 Å². The summed E-state index contributed by atoms with van der Waals surface area (Å²) in [6, 6.07) is 9.12. The fourth-order valence-corrected chi connectivity index (χ4v) is 1.43. The zero-order valence-electron chi connectivity index (χ0n) is 10.7. The lowest BCUT2D eigenvalue weighted by atomic mass is 9.86. The fourth-order valence-electron chi connectivity index (χ4n) is 1.43. The molecule has 1 aliphatic rings. The number of anilines is 1. The molecule has 0 bridgehead atoms. The molecule has 5 heteroatoms. The van der Waals surface area contributed by atoms with E-state index in [9.17, 15) is 4.79 Å². The molecule has 0 spiro atoms. The second-order valence-corrected chi connectivity index (χ2v) is 4.97. The van der Waals surface area contributed by atoms with E-state index < -0.39 is 17.3 Å². The first-order valence-corrected chi connectivity index (χ1v) is 5.79. The van der Waals surface area contributed by atoms with E-state index >= 15 is 0 Å². The van der Waals surface area contributed by atoms with Crippen LogP contribution in [0.5, 0.6) is 0 Å². The van der Waals surface area contributed by atoms with Gasteiger partial charge in [0.2, 0.25) is 0 Å². The number of benzene rings is 1. The minimum atomic E-state index is -0.610. The molecule has 18 heavy (non-hydrogen) atoms. The monoisotopic (exact) mass is 251 g/mol. The van der Waals surface area contributed by atoms with Gasteiger partial charge in [-0.25, -0.2) is 14.6 Å². The van der Waals surface area contributed by atoms with Crippen LogP contribution in [0.3, 0.4) is 0 Å². The number of carbonyl (C=O) groups is 1. The van der Waals surface area contributed by atoms with Gasteiger partial charge in [-0.2, -0.15) is 0 Å². The highest BCUT2D eigenvalue weighted by Gasteiger charge is 2.55. The Kier molecular flexibility index (Phi) is 3.28. The van der Waals surface area contributed by atoms with Gasteiger partial charge in [0.1, 0.15) is 12.2 Å². The molecule has 0 radical (unpaired) electrons. The van der Waals surface area contributed by atoms with Gasteiger partial charge in [0.05, 0.1) is 0 Å². The summed E-state index contributed by atoms with van der Waals surface area (Å²) in [7, 11) is 0. The number of hydrogen-bond acceptors (Lipinski definition) is 4. The van der Waals surface area contributed by atoms with Crippen LogP contribution in [0.4, 0.5) is 10.5 Å². The van der Waals surface area contributed by atoms with Crippen LogP contribution in [-0.2, 0) is 14.5 Å². The first kappa shape index (κ1) is 12.9. The summed E-state index contributed by atoms with van der Waals surface area (Å²) in [5.74, 6) is 0. The number of rotatable bonds is 3.